The van der Waals surface area contributed by atoms with Gasteiger partial charge < -0.3 is 4.74 Å². The zero-order chi connectivity index (χ0) is 18.7. The first-order valence-electron chi connectivity index (χ1n) is 9.35. The third-order valence-electron chi connectivity index (χ3n) is 5.49. The molecule has 0 saturated heterocycles. The Morgan fingerprint density at radius 2 is 1.69 bits per heavy atom. The summed E-state index contributed by atoms with van der Waals surface area (Å²) in [5.74, 6) is -0.685. The second-order valence-electron chi connectivity index (χ2n) is 7.24. The van der Waals surface area contributed by atoms with Crippen LogP contribution >= 0.6 is 0 Å². The molecular weight excluding hydrogens is 337 g/mol. The van der Waals surface area contributed by atoms with Crippen LogP contribution < -0.4 is 4.74 Å². The van der Waals surface area contributed by atoms with Crippen LogP contribution in [-0.4, -0.2) is 6.61 Å². The molecule has 3 rings (SSSR count). The van der Waals surface area contributed by atoms with Gasteiger partial charge in [-0.3, -0.25) is 0 Å². The van der Waals surface area contributed by atoms with E-state index in [4.69, 9.17) is 4.74 Å². The molecular formula is C22H25F3O. The Bertz CT molecular complexity index is 764. The Morgan fingerprint density at radius 1 is 0.962 bits per heavy atom. The number of hydrogen-bond acceptors (Lipinski definition) is 1. The summed E-state index contributed by atoms with van der Waals surface area (Å²) in [6, 6.07) is 8.34. The normalized spacial score (nSPS) is 20.2. The predicted octanol–water partition coefficient (Wildman–Crippen LogP) is 6.33. The van der Waals surface area contributed by atoms with Crippen LogP contribution in [0.3, 0.4) is 0 Å². The summed E-state index contributed by atoms with van der Waals surface area (Å²) in [6.07, 6.45) is 3.92. The van der Waals surface area contributed by atoms with Gasteiger partial charge in [-0.25, -0.2) is 13.2 Å². The van der Waals surface area contributed by atoms with Crippen molar-refractivity contribution >= 4 is 0 Å². The highest BCUT2D eigenvalue weighted by Crippen LogP contribution is 2.38. The summed E-state index contributed by atoms with van der Waals surface area (Å²) < 4.78 is 47.7. The van der Waals surface area contributed by atoms with Crippen molar-refractivity contribution in [3.05, 3.63) is 64.5 Å². The highest BCUT2D eigenvalue weighted by Gasteiger charge is 2.26. The van der Waals surface area contributed by atoms with Gasteiger partial charge in [0, 0.05) is 6.07 Å². The van der Waals surface area contributed by atoms with E-state index in [1.807, 2.05) is 6.92 Å². The Kier molecular flexibility index (Phi) is 5.90. The van der Waals surface area contributed by atoms with Crippen molar-refractivity contribution in [1.29, 1.82) is 0 Å². The maximum atomic E-state index is 14.3. The molecule has 1 nitrogen and oxygen atoms in total. The Labute approximate surface area is 153 Å². The van der Waals surface area contributed by atoms with Crippen molar-refractivity contribution in [3.63, 3.8) is 0 Å². The number of ether oxygens (including phenoxy) is 1. The lowest BCUT2D eigenvalue weighted by atomic mass is 9.78. The maximum Gasteiger partial charge on any atom is 0.162 e. The van der Waals surface area contributed by atoms with E-state index in [0.29, 0.717) is 41.4 Å². The molecule has 4 heteroatoms. The zero-order valence-corrected chi connectivity index (χ0v) is 15.3. The molecule has 1 aliphatic rings. The first-order valence-corrected chi connectivity index (χ1v) is 9.35. The van der Waals surface area contributed by atoms with E-state index in [2.05, 4.69) is 0 Å². The van der Waals surface area contributed by atoms with Crippen molar-refractivity contribution in [1.82, 2.24) is 0 Å². The number of hydrogen-bond donors (Lipinski definition) is 0. The first-order chi connectivity index (χ1) is 12.5. The summed E-state index contributed by atoms with van der Waals surface area (Å²) >= 11 is 0. The molecule has 140 valence electrons. The lowest BCUT2D eigenvalue weighted by Crippen LogP contribution is -2.20. The fourth-order valence-electron chi connectivity index (χ4n) is 3.71. The van der Waals surface area contributed by atoms with Crippen molar-refractivity contribution in [3.8, 4) is 5.75 Å². The van der Waals surface area contributed by atoms with Crippen LogP contribution in [-0.2, 0) is 6.42 Å². The molecule has 0 bridgehead atoms. The van der Waals surface area contributed by atoms with Gasteiger partial charge in [0.05, 0.1) is 6.61 Å². The highest BCUT2D eigenvalue weighted by molar-refractivity contribution is 5.30. The Balaban J connectivity index is 1.56. The van der Waals surface area contributed by atoms with Crippen molar-refractivity contribution in [2.75, 3.05) is 6.61 Å². The summed E-state index contributed by atoms with van der Waals surface area (Å²) in [5.41, 5.74) is 1.53. The van der Waals surface area contributed by atoms with E-state index in [-0.39, 0.29) is 11.7 Å². The van der Waals surface area contributed by atoms with Crippen LogP contribution in [0.25, 0.3) is 0 Å². The molecule has 26 heavy (non-hydrogen) atoms. The van der Waals surface area contributed by atoms with Gasteiger partial charge in [-0.05, 0) is 73.6 Å². The van der Waals surface area contributed by atoms with E-state index in [1.165, 1.54) is 6.07 Å². The van der Waals surface area contributed by atoms with E-state index in [0.717, 1.165) is 25.7 Å². The Morgan fingerprint density at radius 3 is 2.35 bits per heavy atom. The molecule has 0 N–H and O–H groups in total. The minimum atomic E-state index is -0.697. The molecule has 0 atom stereocenters. The molecule has 0 amide bonds. The molecule has 0 aromatic heterocycles. The Hall–Kier alpha value is -1.97. The van der Waals surface area contributed by atoms with Gasteiger partial charge in [0.2, 0.25) is 0 Å². The minimum absolute atomic E-state index is 0.0588. The van der Waals surface area contributed by atoms with Crippen molar-refractivity contribution < 1.29 is 17.9 Å². The topological polar surface area (TPSA) is 9.23 Å². The zero-order valence-electron chi connectivity index (χ0n) is 15.3. The van der Waals surface area contributed by atoms with E-state index in [1.54, 1.807) is 31.2 Å². The largest absolute Gasteiger partial charge is 0.493 e. The standard InChI is InChI=1S/C22H25F3O/c1-3-16-9-11-19(22(25)21(16)24)17-7-5-15(6-8-17)13-26-18-10-4-14(2)20(23)12-18/h4,9-12,15,17H,3,5-8,13H2,1-2H3. The molecule has 0 spiro atoms. The monoisotopic (exact) mass is 362 g/mol. The van der Waals surface area contributed by atoms with Crippen LogP contribution in [0.15, 0.2) is 30.3 Å². The van der Waals surface area contributed by atoms with Gasteiger partial charge in [0.15, 0.2) is 11.6 Å². The van der Waals surface area contributed by atoms with Crippen molar-refractivity contribution in [2.45, 2.75) is 51.9 Å². The fraction of sp³-hybridized carbons (Fsp3) is 0.455. The van der Waals surface area contributed by atoms with Gasteiger partial charge in [-0.1, -0.05) is 25.1 Å². The average molecular weight is 362 g/mol. The van der Waals surface area contributed by atoms with E-state index >= 15 is 0 Å². The molecule has 0 aliphatic heterocycles. The molecule has 0 unspecified atom stereocenters. The van der Waals surface area contributed by atoms with E-state index < -0.39 is 11.6 Å². The lowest BCUT2D eigenvalue weighted by Gasteiger charge is -2.29. The number of halogens is 3. The van der Waals surface area contributed by atoms with Crippen LogP contribution in [0.4, 0.5) is 13.2 Å². The number of rotatable bonds is 5. The maximum absolute atomic E-state index is 14.3. The molecule has 0 heterocycles. The smallest absolute Gasteiger partial charge is 0.162 e. The van der Waals surface area contributed by atoms with Gasteiger partial charge >= 0.3 is 0 Å². The molecule has 1 saturated carbocycles. The second kappa shape index (κ2) is 8.15. The third kappa shape index (κ3) is 4.05. The van der Waals surface area contributed by atoms with Gasteiger partial charge in [-0.15, -0.1) is 0 Å². The summed E-state index contributed by atoms with van der Waals surface area (Å²) in [5, 5.41) is 0. The SMILES string of the molecule is CCc1ccc(C2CCC(COc3ccc(C)c(F)c3)CC2)c(F)c1F. The number of aryl methyl sites for hydroxylation is 2. The molecule has 1 aliphatic carbocycles. The van der Waals surface area contributed by atoms with Gasteiger partial charge in [0.25, 0.3) is 0 Å². The molecule has 2 aromatic rings. The quantitative estimate of drug-likeness (QED) is 0.604. The molecule has 1 fully saturated rings. The number of benzene rings is 2. The fourth-order valence-corrected chi connectivity index (χ4v) is 3.71. The van der Waals surface area contributed by atoms with Crippen LogP contribution in [0.5, 0.6) is 5.75 Å². The highest BCUT2D eigenvalue weighted by atomic mass is 19.2. The van der Waals surface area contributed by atoms with E-state index in [9.17, 15) is 13.2 Å². The summed E-state index contributed by atoms with van der Waals surface area (Å²) in [4.78, 5) is 0. The van der Waals surface area contributed by atoms with Gasteiger partial charge in [-0.2, -0.15) is 0 Å². The lowest BCUT2D eigenvalue weighted by molar-refractivity contribution is 0.198. The first kappa shape index (κ1) is 18.8. The van der Waals surface area contributed by atoms with Crippen molar-refractivity contribution in [2.24, 2.45) is 5.92 Å². The second-order valence-corrected chi connectivity index (χ2v) is 7.24. The third-order valence-corrected chi connectivity index (χ3v) is 5.49. The van der Waals surface area contributed by atoms with Crippen LogP contribution in [0.2, 0.25) is 0 Å². The molecule has 2 aromatic carbocycles. The van der Waals surface area contributed by atoms with Crippen LogP contribution in [0, 0.1) is 30.3 Å². The van der Waals surface area contributed by atoms with Gasteiger partial charge in [0.1, 0.15) is 11.6 Å². The predicted molar refractivity (Wildman–Crippen MR) is 97.1 cm³/mol. The molecule has 0 radical (unpaired) electrons. The minimum Gasteiger partial charge on any atom is -0.493 e. The van der Waals surface area contributed by atoms with Crippen LogP contribution in [0.1, 0.15) is 55.2 Å². The summed E-state index contributed by atoms with van der Waals surface area (Å²) in [6.45, 7) is 4.07. The average Bonchev–Trinajstić information content (AvgIpc) is 2.65. The summed E-state index contributed by atoms with van der Waals surface area (Å²) in [7, 11) is 0.